The van der Waals surface area contributed by atoms with E-state index in [2.05, 4.69) is 15.8 Å². The molecule has 8 nitrogen and oxygen atoms in total. The van der Waals surface area contributed by atoms with Crippen LogP contribution in [0.25, 0.3) is 0 Å². The van der Waals surface area contributed by atoms with Gasteiger partial charge in [-0.3, -0.25) is 19.7 Å². The quantitative estimate of drug-likeness (QED) is 0.323. The molecule has 0 saturated heterocycles. The van der Waals surface area contributed by atoms with Gasteiger partial charge in [0.1, 0.15) is 0 Å². The van der Waals surface area contributed by atoms with Crippen LogP contribution < -0.4 is 10.7 Å². The third kappa shape index (κ3) is 6.35. The Labute approximate surface area is 156 Å². The summed E-state index contributed by atoms with van der Waals surface area (Å²) in [6.07, 6.45) is 0.697. The fourth-order valence-corrected chi connectivity index (χ4v) is 2.23. The standard InChI is InChI=1S/C19H20N4O4/c1-14(15-9-11-17(12-10-15)23(26)27)21-22-18(24)8-5-13-20-19(25)16-6-3-2-4-7-16/h2-4,6-7,9-12H,5,8,13H2,1H3,(H,20,25)(H,22,24)/b21-14+. The summed E-state index contributed by atoms with van der Waals surface area (Å²) in [5.74, 6) is -0.451. The molecule has 140 valence electrons. The van der Waals surface area contributed by atoms with Crippen molar-refractivity contribution in [3.63, 3.8) is 0 Å². The third-order valence-corrected chi connectivity index (χ3v) is 3.75. The van der Waals surface area contributed by atoms with E-state index in [4.69, 9.17) is 0 Å². The molecule has 0 unspecified atom stereocenters. The molecule has 2 rings (SSSR count). The normalized spacial score (nSPS) is 10.9. The minimum atomic E-state index is -0.478. The van der Waals surface area contributed by atoms with Crippen LogP contribution in [0.5, 0.6) is 0 Å². The van der Waals surface area contributed by atoms with Gasteiger partial charge in [-0.05, 0) is 43.2 Å². The predicted molar refractivity (Wildman–Crippen MR) is 101 cm³/mol. The van der Waals surface area contributed by atoms with Crippen LogP contribution in [0.2, 0.25) is 0 Å². The van der Waals surface area contributed by atoms with Crippen molar-refractivity contribution in [2.45, 2.75) is 19.8 Å². The van der Waals surface area contributed by atoms with Gasteiger partial charge in [-0.1, -0.05) is 18.2 Å². The summed E-state index contributed by atoms with van der Waals surface area (Å²) in [4.78, 5) is 33.8. The van der Waals surface area contributed by atoms with Crippen molar-refractivity contribution < 1.29 is 14.5 Å². The molecule has 0 saturated carbocycles. The minimum absolute atomic E-state index is 0.00636. The lowest BCUT2D eigenvalue weighted by atomic mass is 10.1. The molecule has 0 aromatic heterocycles. The molecule has 0 radical (unpaired) electrons. The van der Waals surface area contributed by atoms with Gasteiger partial charge in [-0.15, -0.1) is 0 Å². The summed E-state index contributed by atoms with van der Waals surface area (Å²) in [5, 5.41) is 17.4. The van der Waals surface area contributed by atoms with Crippen LogP contribution >= 0.6 is 0 Å². The third-order valence-electron chi connectivity index (χ3n) is 3.75. The molecule has 0 fully saturated rings. The number of rotatable bonds is 8. The first-order valence-corrected chi connectivity index (χ1v) is 8.38. The highest BCUT2D eigenvalue weighted by atomic mass is 16.6. The lowest BCUT2D eigenvalue weighted by molar-refractivity contribution is -0.384. The Morgan fingerprint density at radius 3 is 2.33 bits per heavy atom. The molecule has 2 aromatic carbocycles. The molecule has 0 atom stereocenters. The van der Waals surface area contributed by atoms with Crippen molar-refractivity contribution in [2.75, 3.05) is 6.54 Å². The molecule has 0 bridgehead atoms. The zero-order valence-corrected chi connectivity index (χ0v) is 14.8. The van der Waals surface area contributed by atoms with Crippen LogP contribution in [0.1, 0.15) is 35.7 Å². The fraction of sp³-hybridized carbons (Fsp3) is 0.211. The average molecular weight is 368 g/mol. The second kappa shape index (κ2) is 9.81. The van der Waals surface area contributed by atoms with Crippen LogP contribution in [0.3, 0.4) is 0 Å². The van der Waals surface area contributed by atoms with E-state index >= 15 is 0 Å². The van der Waals surface area contributed by atoms with Gasteiger partial charge in [0.15, 0.2) is 0 Å². The Balaban J connectivity index is 1.72. The molecule has 0 aliphatic rings. The summed E-state index contributed by atoms with van der Waals surface area (Å²) >= 11 is 0. The summed E-state index contributed by atoms with van der Waals surface area (Å²) in [6.45, 7) is 2.08. The molecule has 2 aromatic rings. The van der Waals surface area contributed by atoms with E-state index in [1.54, 1.807) is 43.3 Å². The van der Waals surface area contributed by atoms with Gasteiger partial charge < -0.3 is 5.32 Å². The number of hydrazone groups is 1. The molecule has 8 heteroatoms. The fourth-order valence-electron chi connectivity index (χ4n) is 2.23. The Bertz CT molecular complexity index is 833. The van der Waals surface area contributed by atoms with E-state index in [-0.39, 0.29) is 23.9 Å². The van der Waals surface area contributed by atoms with Gasteiger partial charge in [0, 0.05) is 30.7 Å². The molecule has 0 heterocycles. The van der Waals surface area contributed by atoms with E-state index in [1.165, 1.54) is 12.1 Å². The molecule has 0 aliphatic carbocycles. The van der Waals surface area contributed by atoms with Gasteiger partial charge in [0.05, 0.1) is 10.6 Å². The molecular weight excluding hydrogens is 348 g/mol. The van der Waals surface area contributed by atoms with Crippen molar-refractivity contribution in [1.29, 1.82) is 0 Å². The number of carbonyl (C=O) groups excluding carboxylic acids is 2. The molecule has 27 heavy (non-hydrogen) atoms. The van der Waals surface area contributed by atoms with E-state index in [0.717, 1.165) is 0 Å². The van der Waals surface area contributed by atoms with E-state index in [9.17, 15) is 19.7 Å². The number of benzene rings is 2. The number of hydrogen-bond donors (Lipinski definition) is 2. The SMILES string of the molecule is C/C(=N\NC(=O)CCCNC(=O)c1ccccc1)c1ccc([N+](=O)[O-])cc1. The molecule has 0 aliphatic heterocycles. The van der Waals surface area contributed by atoms with Gasteiger partial charge in [-0.25, -0.2) is 5.43 Å². The lowest BCUT2D eigenvalue weighted by Crippen LogP contribution is -2.26. The highest BCUT2D eigenvalue weighted by Gasteiger charge is 2.07. The zero-order chi connectivity index (χ0) is 19.6. The van der Waals surface area contributed by atoms with Crippen molar-refractivity contribution in [2.24, 2.45) is 5.10 Å². The Morgan fingerprint density at radius 2 is 1.70 bits per heavy atom. The smallest absolute Gasteiger partial charge is 0.269 e. The Kier molecular flexibility index (Phi) is 7.18. The van der Waals surface area contributed by atoms with Crippen molar-refractivity contribution in [3.8, 4) is 0 Å². The van der Waals surface area contributed by atoms with E-state index in [0.29, 0.717) is 29.8 Å². The maximum absolute atomic E-state index is 11.9. The first-order valence-electron chi connectivity index (χ1n) is 8.38. The van der Waals surface area contributed by atoms with Crippen LogP contribution in [-0.4, -0.2) is 29.0 Å². The second-order valence-corrected chi connectivity index (χ2v) is 5.76. The largest absolute Gasteiger partial charge is 0.352 e. The van der Waals surface area contributed by atoms with Gasteiger partial charge in [-0.2, -0.15) is 5.10 Å². The maximum Gasteiger partial charge on any atom is 0.269 e. The molecule has 2 amide bonds. The highest BCUT2D eigenvalue weighted by Crippen LogP contribution is 2.12. The first kappa shape index (κ1) is 19.8. The van der Waals surface area contributed by atoms with Crippen molar-refractivity contribution in [3.05, 3.63) is 75.8 Å². The minimum Gasteiger partial charge on any atom is -0.352 e. The van der Waals surface area contributed by atoms with Crippen molar-refractivity contribution >= 4 is 23.2 Å². The van der Waals surface area contributed by atoms with Crippen LogP contribution in [0, 0.1) is 10.1 Å². The number of nitrogens with zero attached hydrogens (tertiary/aromatic N) is 2. The number of hydrogen-bond acceptors (Lipinski definition) is 5. The number of amides is 2. The molecular formula is C19H20N4O4. The van der Waals surface area contributed by atoms with Gasteiger partial charge in [0.25, 0.3) is 11.6 Å². The summed E-state index contributed by atoms with van der Waals surface area (Å²) in [5.41, 5.74) is 4.22. The maximum atomic E-state index is 11.9. The van der Waals surface area contributed by atoms with Crippen LogP contribution in [-0.2, 0) is 4.79 Å². The van der Waals surface area contributed by atoms with E-state index in [1.807, 2.05) is 6.07 Å². The second-order valence-electron chi connectivity index (χ2n) is 5.76. The average Bonchev–Trinajstić information content (AvgIpc) is 2.70. The topological polar surface area (TPSA) is 114 Å². The number of carbonyl (C=O) groups is 2. The monoisotopic (exact) mass is 368 g/mol. The van der Waals surface area contributed by atoms with Crippen LogP contribution in [0.4, 0.5) is 5.69 Å². The number of nitro groups is 1. The van der Waals surface area contributed by atoms with Gasteiger partial charge >= 0.3 is 0 Å². The highest BCUT2D eigenvalue weighted by molar-refractivity contribution is 5.99. The molecule has 0 spiro atoms. The van der Waals surface area contributed by atoms with Gasteiger partial charge in [0.2, 0.25) is 5.91 Å². The lowest BCUT2D eigenvalue weighted by Gasteiger charge is -2.05. The van der Waals surface area contributed by atoms with Crippen molar-refractivity contribution in [1.82, 2.24) is 10.7 Å². The zero-order valence-electron chi connectivity index (χ0n) is 14.8. The van der Waals surface area contributed by atoms with Crippen LogP contribution in [0.15, 0.2) is 59.7 Å². The van der Waals surface area contributed by atoms with E-state index < -0.39 is 4.92 Å². The number of nitrogens with one attached hydrogen (secondary N) is 2. The summed E-state index contributed by atoms with van der Waals surface area (Å²) in [7, 11) is 0. The number of nitro benzene ring substituents is 1. The summed E-state index contributed by atoms with van der Waals surface area (Å²) in [6, 6.07) is 14.7. The summed E-state index contributed by atoms with van der Waals surface area (Å²) < 4.78 is 0. The number of non-ortho nitro benzene ring substituents is 1. The predicted octanol–water partition coefficient (Wildman–Crippen LogP) is 2.65. The first-order chi connectivity index (χ1) is 13.0. The molecule has 2 N–H and O–H groups in total. The Morgan fingerprint density at radius 1 is 1.04 bits per heavy atom. The Hall–Kier alpha value is -3.55.